The number of ether oxygens (including phenoxy) is 1. The van der Waals surface area contributed by atoms with Crippen LogP contribution in [0, 0.1) is 0 Å². The van der Waals surface area contributed by atoms with Crippen molar-refractivity contribution in [3.05, 3.63) is 5.01 Å². The molecular weight excluding hydrogens is 238 g/mol. The van der Waals surface area contributed by atoms with Gasteiger partial charge in [0.2, 0.25) is 9.35 Å². The summed E-state index contributed by atoms with van der Waals surface area (Å²) in [6.07, 6.45) is 1.49. The number of hydrogen-bond acceptors (Lipinski definition) is 6. The van der Waals surface area contributed by atoms with Gasteiger partial charge in [-0.15, -0.1) is 10.2 Å². The first-order chi connectivity index (χ1) is 7.15. The van der Waals surface area contributed by atoms with E-state index in [0.29, 0.717) is 17.5 Å². The third kappa shape index (κ3) is 3.65. The molecule has 1 heterocycles. The van der Waals surface area contributed by atoms with Gasteiger partial charge in [-0.25, -0.2) is 0 Å². The quantitative estimate of drug-likeness (QED) is 0.721. The molecule has 0 aliphatic carbocycles. The lowest BCUT2D eigenvalue weighted by Gasteiger charge is -1.99. The minimum atomic E-state index is -1.19. The molecule has 1 atom stereocenters. The van der Waals surface area contributed by atoms with Crippen molar-refractivity contribution in [2.75, 3.05) is 26.5 Å². The fourth-order valence-electron chi connectivity index (χ4n) is 0.760. The van der Waals surface area contributed by atoms with Gasteiger partial charge in [-0.05, 0) is 0 Å². The second-order valence-corrected chi connectivity index (χ2v) is 5.11. The van der Waals surface area contributed by atoms with E-state index in [9.17, 15) is 9.00 Å². The summed E-state index contributed by atoms with van der Waals surface area (Å²) in [5, 5.41) is 10.1. The lowest BCUT2D eigenvalue weighted by Crippen LogP contribution is -2.26. The molecule has 0 saturated carbocycles. The zero-order valence-corrected chi connectivity index (χ0v) is 9.98. The summed E-state index contributed by atoms with van der Waals surface area (Å²) in [5.41, 5.74) is 0. The molecule has 84 valence electrons. The largest absolute Gasteiger partial charge is 0.383 e. The van der Waals surface area contributed by atoms with Crippen LogP contribution in [0.15, 0.2) is 4.34 Å². The number of carbonyl (C=O) groups is 1. The van der Waals surface area contributed by atoms with E-state index in [0.717, 1.165) is 11.3 Å². The van der Waals surface area contributed by atoms with E-state index in [4.69, 9.17) is 4.74 Å². The Morgan fingerprint density at radius 2 is 2.33 bits per heavy atom. The van der Waals surface area contributed by atoms with Crippen LogP contribution in [-0.2, 0) is 15.5 Å². The van der Waals surface area contributed by atoms with Crippen molar-refractivity contribution in [1.29, 1.82) is 0 Å². The summed E-state index contributed by atoms with van der Waals surface area (Å²) >= 11 is 1.03. The Morgan fingerprint density at radius 3 is 2.87 bits per heavy atom. The third-order valence-corrected chi connectivity index (χ3v) is 3.68. The molecule has 1 amide bonds. The van der Waals surface area contributed by atoms with Crippen LogP contribution < -0.4 is 5.32 Å². The fourth-order valence-corrected chi connectivity index (χ4v) is 2.12. The number of methoxy groups -OCH3 is 1. The van der Waals surface area contributed by atoms with Gasteiger partial charge in [0.15, 0.2) is 0 Å². The van der Waals surface area contributed by atoms with Gasteiger partial charge in [0.05, 0.1) is 17.4 Å². The van der Waals surface area contributed by atoms with E-state index >= 15 is 0 Å². The molecule has 0 saturated heterocycles. The van der Waals surface area contributed by atoms with Crippen LogP contribution in [0.5, 0.6) is 0 Å². The van der Waals surface area contributed by atoms with Crippen LogP contribution in [0.1, 0.15) is 9.80 Å². The zero-order chi connectivity index (χ0) is 11.3. The summed E-state index contributed by atoms with van der Waals surface area (Å²) < 4.78 is 16.1. The topological polar surface area (TPSA) is 81.2 Å². The molecule has 0 aromatic carbocycles. The van der Waals surface area contributed by atoms with Gasteiger partial charge in [0.1, 0.15) is 0 Å². The lowest BCUT2D eigenvalue weighted by atomic mass is 10.6. The first kappa shape index (κ1) is 12.2. The molecule has 8 heteroatoms. The van der Waals surface area contributed by atoms with Crippen molar-refractivity contribution in [2.45, 2.75) is 4.34 Å². The molecule has 1 rings (SSSR count). The molecule has 0 radical (unpaired) electrons. The van der Waals surface area contributed by atoms with Gasteiger partial charge in [0, 0.05) is 19.9 Å². The van der Waals surface area contributed by atoms with E-state index in [2.05, 4.69) is 15.5 Å². The third-order valence-electron chi connectivity index (χ3n) is 1.44. The van der Waals surface area contributed by atoms with Gasteiger partial charge in [0.25, 0.3) is 5.91 Å². The predicted octanol–water partition coefficient (Wildman–Crippen LogP) is -0.348. The van der Waals surface area contributed by atoms with Gasteiger partial charge >= 0.3 is 0 Å². The molecule has 6 nitrogen and oxygen atoms in total. The Kier molecular flexibility index (Phi) is 4.79. The average Bonchev–Trinajstić information content (AvgIpc) is 2.66. The molecule has 1 N–H and O–H groups in total. The van der Waals surface area contributed by atoms with Crippen LogP contribution in [0.25, 0.3) is 0 Å². The molecule has 0 spiro atoms. The number of carbonyl (C=O) groups excluding carboxylic acids is 1. The van der Waals surface area contributed by atoms with Crippen LogP contribution in [0.3, 0.4) is 0 Å². The van der Waals surface area contributed by atoms with Crippen molar-refractivity contribution in [1.82, 2.24) is 15.5 Å². The lowest BCUT2D eigenvalue weighted by molar-refractivity contribution is 0.0936. The highest BCUT2D eigenvalue weighted by atomic mass is 32.2. The van der Waals surface area contributed by atoms with E-state index in [1.807, 2.05) is 0 Å². The minimum Gasteiger partial charge on any atom is -0.383 e. The Balaban J connectivity index is 2.54. The smallest absolute Gasteiger partial charge is 0.282 e. The summed E-state index contributed by atoms with van der Waals surface area (Å²) in [7, 11) is 0.359. The second-order valence-electron chi connectivity index (χ2n) is 2.58. The van der Waals surface area contributed by atoms with Crippen LogP contribution in [-0.4, -0.2) is 46.8 Å². The van der Waals surface area contributed by atoms with Crippen molar-refractivity contribution in [2.24, 2.45) is 0 Å². The van der Waals surface area contributed by atoms with Crippen LogP contribution >= 0.6 is 11.3 Å². The van der Waals surface area contributed by atoms with Gasteiger partial charge in [-0.1, -0.05) is 11.3 Å². The Hall–Kier alpha value is -0.860. The SMILES string of the molecule is COCCNC(=O)c1nnc(S(C)=O)s1. The molecule has 15 heavy (non-hydrogen) atoms. The maximum absolute atomic E-state index is 11.4. The number of nitrogens with one attached hydrogen (secondary N) is 1. The standard InChI is InChI=1S/C7H11N3O3S2/c1-13-4-3-8-5(11)6-9-10-7(14-6)15(2)12/h3-4H2,1-2H3,(H,8,11). The minimum absolute atomic E-state index is 0.219. The molecule has 1 aromatic rings. The van der Waals surface area contributed by atoms with E-state index < -0.39 is 10.8 Å². The number of aromatic nitrogens is 2. The van der Waals surface area contributed by atoms with Gasteiger partial charge in [-0.3, -0.25) is 9.00 Å². The highest BCUT2D eigenvalue weighted by molar-refractivity contribution is 7.86. The van der Waals surface area contributed by atoms with Crippen LogP contribution in [0.4, 0.5) is 0 Å². The van der Waals surface area contributed by atoms with Crippen molar-refractivity contribution in [3.8, 4) is 0 Å². The normalized spacial score (nSPS) is 12.4. The Labute approximate surface area is 93.5 Å². The number of nitrogens with zero attached hydrogens (tertiary/aromatic N) is 2. The van der Waals surface area contributed by atoms with E-state index in [-0.39, 0.29) is 10.9 Å². The number of rotatable bonds is 5. The monoisotopic (exact) mass is 249 g/mol. The number of hydrogen-bond donors (Lipinski definition) is 1. The maximum Gasteiger partial charge on any atom is 0.282 e. The zero-order valence-electron chi connectivity index (χ0n) is 8.35. The Bertz CT molecular complexity index is 366. The van der Waals surface area contributed by atoms with Gasteiger partial charge in [-0.2, -0.15) is 0 Å². The highest BCUT2D eigenvalue weighted by Gasteiger charge is 2.13. The molecule has 0 bridgehead atoms. The summed E-state index contributed by atoms with van der Waals surface area (Å²) in [6, 6.07) is 0. The summed E-state index contributed by atoms with van der Waals surface area (Å²) in [4.78, 5) is 11.4. The molecular formula is C7H11N3O3S2. The first-order valence-electron chi connectivity index (χ1n) is 4.09. The molecule has 1 aromatic heterocycles. The summed E-state index contributed by atoms with van der Waals surface area (Å²) in [5.74, 6) is -0.318. The van der Waals surface area contributed by atoms with Crippen molar-refractivity contribution >= 4 is 28.0 Å². The Morgan fingerprint density at radius 1 is 1.60 bits per heavy atom. The molecule has 0 aliphatic rings. The average molecular weight is 249 g/mol. The predicted molar refractivity (Wildman–Crippen MR) is 56.5 cm³/mol. The summed E-state index contributed by atoms with van der Waals surface area (Å²) in [6.45, 7) is 0.858. The first-order valence-corrected chi connectivity index (χ1v) is 6.46. The number of amides is 1. The van der Waals surface area contributed by atoms with Crippen LogP contribution in [0.2, 0.25) is 0 Å². The van der Waals surface area contributed by atoms with E-state index in [1.54, 1.807) is 7.11 Å². The van der Waals surface area contributed by atoms with Crippen molar-refractivity contribution in [3.63, 3.8) is 0 Å². The van der Waals surface area contributed by atoms with E-state index in [1.165, 1.54) is 6.26 Å². The maximum atomic E-state index is 11.4. The molecule has 1 unspecified atom stereocenters. The molecule has 0 fully saturated rings. The van der Waals surface area contributed by atoms with Gasteiger partial charge < -0.3 is 10.1 Å². The fraction of sp³-hybridized carbons (Fsp3) is 0.571. The highest BCUT2D eigenvalue weighted by Crippen LogP contribution is 2.12. The second kappa shape index (κ2) is 5.89. The van der Waals surface area contributed by atoms with Crippen molar-refractivity contribution < 1.29 is 13.7 Å². The molecule has 0 aliphatic heterocycles.